The van der Waals surface area contributed by atoms with Crippen LogP contribution in [0.4, 0.5) is 8.78 Å². The Morgan fingerprint density at radius 1 is 1.17 bits per heavy atom. The van der Waals surface area contributed by atoms with Crippen LogP contribution >= 0.6 is 15.9 Å². The lowest BCUT2D eigenvalue weighted by Crippen LogP contribution is -1.78. The molecule has 4 heteroatoms. The van der Waals surface area contributed by atoms with Crippen LogP contribution in [-0.4, -0.2) is 0 Å². The summed E-state index contributed by atoms with van der Waals surface area (Å²) in [5.41, 5.74) is 0.208. The molecule has 0 saturated heterocycles. The zero-order chi connectivity index (χ0) is 8.72. The van der Waals surface area contributed by atoms with Gasteiger partial charge in [-0.3, -0.25) is 0 Å². The fourth-order valence-corrected chi connectivity index (χ4v) is 1.44. The summed E-state index contributed by atoms with van der Waals surface area (Å²) in [5.74, 6) is -1.25. The average Bonchev–Trinajstić information content (AvgIpc) is 2.29. The molecule has 2 rings (SSSR count). The highest BCUT2D eigenvalue weighted by Crippen LogP contribution is 2.26. The van der Waals surface area contributed by atoms with Gasteiger partial charge >= 0.3 is 0 Å². The standard InChI is InChI=1S/C8H3BrF2O/c9-8-3-5-6(11)1-4(10)2-7(5)12-8/h1-3H. The van der Waals surface area contributed by atoms with Crippen LogP contribution in [0.15, 0.2) is 27.3 Å². The van der Waals surface area contributed by atoms with Crippen molar-refractivity contribution < 1.29 is 13.2 Å². The maximum atomic E-state index is 12.9. The Morgan fingerprint density at radius 2 is 1.92 bits per heavy atom. The first-order chi connectivity index (χ1) is 5.66. The minimum atomic E-state index is -0.637. The monoisotopic (exact) mass is 232 g/mol. The number of rotatable bonds is 0. The molecule has 0 aliphatic rings. The minimum Gasteiger partial charge on any atom is -0.449 e. The molecular weight excluding hydrogens is 230 g/mol. The molecule has 12 heavy (non-hydrogen) atoms. The van der Waals surface area contributed by atoms with Crippen LogP contribution in [-0.2, 0) is 0 Å². The van der Waals surface area contributed by atoms with Gasteiger partial charge in [-0.25, -0.2) is 8.78 Å². The minimum absolute atomic E-state index is 0.208. The van der Waals surface area contributed by atoms with E-state index in [2.05, 4.69) is 15.9 Å². The molecule has 0 unspecified atom stereocenters. The lowest BCUT2D eigenvalue weighted by Gasteiger charge is -1.90. The van der Waals surface area contributed by atoms with Crippen molar-refractivity contribution in [2.75, 3.05) is 0 Å². The van der Waals surface area contributed by atoms with Crippen LogP contribution in [0.3, 0.4) is 0 Å². The highest BCUT2D eigenvalue weighted by Gasteiger charge is 2.08. The summed E-state index contributed by atoms with van der Waals surface area (Å²) >= 11 is 3.03. The second kappa shape index (κ2) is 2.55. The first-order valence-corrected chi connectivity index (χ1v) is 4.00. The molecule has 1 nitrogen and oxygen atoms in total. The van der Waals surface area contributed by atoms with E-state index in [1.165, 1.54) is 6.07 Å². The summed E-state index contributed by atoms with van der Waals surface area (Å²) in [5, 5.41) is 0.281. The summed E-state index contributed by atoms with van der Waals surface area (Å²) in [7, 11) is 0. The van der Waals surface area contributed by atoms with Gasteiger partial charge in [0.05, 0.1) is 5.39 Å². The van der Waals surface area contributed by atoms with Crippen molar-refractivity contribution in [3.63, 3.8) is 0 Å². The molecule has 62 valence electrons. The third-order valence-corrected chi connectivity index (χ3v) is 1.91. The molecule has 0 fully saturated rings. The molecule has 0 radical (unpaired) electrons. The maximum absolute atomic E-state index is 12.9. The average molecular weight is 233 g/mol. The first kappa shape index (κ1) is 7.73. The van der Waals surface area contributed by atoms with Gasteiger partial charge in [0.25, 0.3) is 0 Å². The van der Waals surface area contributed by atoms with Crippen LogP contribution in [0.2, 0.25) is 0 Å². The van der Waals surface area contributed by atoms with Gasteiger partial charge in [0.15, 0.2) is 4.67 Å². The van der Waals surface area contributed by atoms with E-state index in [0.29, 0.717) is 4.67 Å². The number of fused-ring (bicyclic) bond motifs is 1. The SMILES string of the molecule is Fc1cc(F)c2cc(Br)oc2c1. The van der Waals surface area contributed by atoms with Gasteiger partial charge < -0.3 is 4.42 Å². The second-order valence-corrected chi connectivity index (χ2v) is 3.13. The topological polar surface area (TPSA) is 13.1 Å². The van der Waals surface area contributed by atoms with Crippen molar-refractivity contribution in [1.29, 1.82) is 0 Å². The Hall–Kier alpha value is -0.900. The second-order valence-electron chi connectivity index (χ2n) is 2.35. The van der Waals surface area contributed by atoms with Gasteiger partial charge in [-0.1, -0.05) is 0 Å². The van der Waals surface area contributed by atoms with E-state index >= 15 is 0 Å². The number of furan rings is 1. The smallest absolute Gasteiger partial charge is 0.170 e. The molecule has 1 aromatic carbocycles. The highest BCUT2D eigenvalue weighted by atomic mass is 79.9. The Balaban J connectivity index is 2.88. The summed E-state index contributed by atoms with van der Waals surface area (Å²) in [4.78, 5) is 0. The predicted molar refractivity (Wildman–Crippen MR) is 43.8 cm³/mol. The van der Waals surface area contributed by atoms with E-state index in [-0.39, 0.29) is 11.0 Å². The van der Waals surface area contributed by atoms with Crippen molar-refractivity contribution in [2.45, 2.75) is 0 Å². The molecule has 0 amide bonds. The van der Waals surface area contributed by atoms with Crippen LogP contribution in [0.25, 0.3) is 11.0 Å². The van der Waals surface area contributed by atoms with E-state index in [1.807, 2.05) is 0 Å². The summed E-state index contributed by atoms with van der Waals surface area (Å²) < 4.78 is 30.9. The molecule has 0 aliphatic carbocycles. The van der Waals surface area contributed by atoms with Gasteiger partial charge in [0.1, 0.15) is 17.2 Å². The molecule has 0 N–H and O–H groups in total. The Morgan fingerprint density at radius 3 is 2.67 bits per heavy atom. The number of hydrogen-bond acceptors (Lipinski definition) is 1. The fourth-order valence-electron chi connectivity index (χ4n) is 1.03. The molecule has 0 spiro atoms. The van der Waals surface area contributed by atoms with E-state index < -0.39 is 11.6 Å². The summed E-state index contributed by atoms with van der Waals surface area (Å²) in [6.45, 7) is 0. The predicted octanol–water partition coefficient (Wildman–Crippen LogP) is 3.47. The van der Waals surface area contributed by atoms with Gasteiger partial charge in [-0.2, -0.15) is 0 Å². The van der Waals surface area contributed by atoms with Crippen molar-refractivity contribution >= 4 is 26.9 Å². The summed E-state index contributed by atoms with van der Waals surface area (Å²) in [6, 6.07) is 3.43. The molecule has 0 saturated carbocycles. The van der Waals surface area contributed by atoms with Crippen LogP contribution in [0, 0.1) is 11.6 Å². The maximum Gasteiger partial charge on any atom is 0.170 e. The van der Waals surface area contributed by atoms with E-state index in [4.69, 9.17) is 4.42 Å². The molecule has 0 bridgehead atoms. The number of benzene rings is 1. The Bertz CT molecular complexity index is 436. The lowest BCUT2D eigenvalue weighted by atomic mass is 10.2. The molecule has 1 heterocycles. The third kappa shape index (κ3) is 1.12. The van der Waals surface area contributed by atoms with Crippen LogP contribution in [0.5, 0.6) is 0 Å². The van der Waals surface area contributed by atoms with Crippen molar-refractivity contribution in [3.8, 4) is 0 Å². The lowest BCUT2D eigenvalue weighted by molar-refractivity contribution is 0.566. The van der Waals surface area contributed by atoms with Crippen LogP contribution in [0.1, 0.15) is 0 Å². The fraction of sp³-hybridized carbons (Fsp3) is 0. The number of hydrogen-bond donors (Lipinski definition) is 0. The molecule has 1 aromatic heterocycles. The quantitative estimate of drug-likeness (QED) is 0.678. The first-order valence-electron chi connectivity index (χ1n) is 3.21. The number of halogens is 3. The van der Waals surface area contributed by atoms with Crippen molar-refractivity contribution in [3.05, 3.63) is 34.5 Å². The zero-order valence-electron chi connectivity index (χ0n) is 5.77. The highest BCUT2D eigenvalue weighted by molar-refractivity contribution is 9.10. The van der Waals surface area contributed by atoms with E-state index in [1.54, 1.807) is 0 Å². The van der Waals surface area contributed by atoms with Crippen molar-refractivity contribution in [1.82, 2.24) is 0 Å². The van der Waals surface area contributed by atoms with Crippen LogP contribution < -0.4 is 0 Å². The Kier molecular flexibility index (Phi) is 1.65. The van der Waals surface area contributed by atoms with Gasteiger partial charge in [0.2, 0.25) is 0 Å². The summed E-state index contributed by atoms with van der Waals surface area (Å²) in [6.07, 6.45) is 0. The molecule has 2 aromatic rings. The van der Waals surface area contributed by atoms with Gasteiger partial charge in [-0.15, -0.1) is 0 Å². The zero-order valence-corrected chi connectivity index (χ0v) is 7.36. The van der Waals surface area contributed by atoms with E-state index in [9.17, 15) is 8.78 Å². The third-order valence-electron chi connectivity index (χ3n) is 1.52. The normalized spacial score (nSPS) is 10.9. The van der Waals surface area contributed by atoms with Gasteiger partial charge in [-0.05, 0) is 15.9 Å². The molecule has 0 atom stereocenters. The Labute approximate surface area is 75.1 Å². The largest absolute Gasteiger partial charge is 0.449 e. The molecule has 0 aliphatic heterocycles. The van der Waals surface area contributed by atoms with E-state index in [0.717, 1.165) is 12.1 Å². The van der Waals surface area contributed by atoms with Gasteiger partial charge in [0, 0.05) is 18.2 Å². The van der Waals surface area contributed by atoms with Crippen molar-refractivity contribution in [2.24, 2.45) is 0 Å². The molecular formula is C8H3BrF2O.